The molecule has 1 aromatic carbocycles. The first-order valence-corrected chi connectivity index (χ1v) is 13.0. The van der Waals surface area contributed by atoms with E-state index < -0.39 is 6.10 Å². The third-order valence-corrected chi connectivity index (χ3v) is 7.20. The van der Waals surface area contributed by atoms with E-state index in [9.17, 15) is 19.5 Å². The molecular formula is C27H37N5O6. The molecule has 4 amide bonds. The summed E-state index contributed by atoms with van der Waals surface area (Å²) in [6.45, 7) is 7.66. The number of nitrogens with one attached hydrogen (secondary N) is 2. The van der Waals surface area contributed by atoms with Gasteiger partial charge in [-0.3, -0.25) is 9.59 Å². The summed E-state index contributed by atoms with van der Waals surface area (Å²) in [6, 6.07) is 4.58. The van der Waals surface area contributed by atoms with Gasteiger partial charge in [0.1, 0.15) is 23.2 Å². The number of anilines is 2. The topological polar surface area (TPSA) is 137 Å². The average Bonchev–Trinajstić information content (AvgIpc) is 3.69. The lowest BCUT2D eigenvalue weighted by molar-refractivity contribution is -0.134. The maximum atomic E-state index is 13.3. The van der Waals surface area contributed by atoms with E-state index in [0.29, 0.717) is 40.7 Å². The maximum Gasteiger partial charge on any atom is 0.321 e. The minimum Gasteiger partial charge on any atom is -0.488 e. The second-order valence-corrected chi connectivity index (χ2v) is 10.5. The van der Waals surface area contributed by atoms with Crippen molar-refractivity contribution in [3.63, 3.8) is 0 Å². The molecule has 3 atom stereocenters. The lowest BCUT2D eigenvalue weighted by Crippen LogP contribution is -2.48. The molecule has 206 valence electrons. The molecule has 3 N–H and O–H groups in total. The maximum absolute atomic E-state index is 13.3. The van der Waals surface area contributed by atoms with Gasteiger partial charge in [0.2, 0.25) is 11.8 Å². The fraction of sp³-hybridized carbons (Fsp3) is 0.556. The number of urea groups is 1. The van der Waals surface area contributed by atoms with Crippen LogP contribution in [0, 0.1) is 25.7 Å². The van der Waals surface area contributed by atoms with Gasteiger partial charge in [0.05, 0.1) is 25.6 Å². The molecule has 0 radical (unpaired) electrons. The van der Waals surface area contributed by atoms with Gasteiger partial charge in [-0.1, -0.05) is 12.1 Å². The van der Waals surface area contributed by atoms with Crippen LogP contribution in [-0.2, 0) is 16.0 Å². The Kier molecular flexibility index (Phi) is 8.25. The number of aliphatic hydroxyl groups excluding tert-OH is 1. The van der Waals surface area contributed by atoms with Crippen molar-refractivity contribution < 1.29 is 28.8 Å². The fourth-order valence-corrected chi connectivity index (χ4v) is 4.53. The van der Waals surface area contributed by atoms with Gasteiger partial charge in [0, 0.05) is 36.7 Å². The lowest BCUT2D eigenvalue weighted by Gasteiger charge is -2.34. The van der Waals surface area contributed by atoms with Crippen molar-refractivity contribution in [3.05, 3.63) is 35.2 Å². The molecule has 2 aliphatic rings. The number of fused-ring (bicyclic) bond motifs is 1. The summed E-state index contributed by atoms with van der Waals surface area (Å²) < 4.78 is 11.6. The number of rotatable bonds is 7. The first kappa shape index (κ1) is 27.4. The molecule has 4 rings (SSSR count). The molecule has 1 fully saturated rings. The number of aliphatic hydroxyl groups is 1. The van der Waals surface area contributed by atoms with Crippen LogP contribution in [0.1, 0.15) is 43.7 Å². The van der Waals surface area contributed by atoms with E-state index in [2.05, 4.69) is 15.8 Å². The normalized spacial score (nSPS) is 20.4. The van der Waals surface area contributed by atoms with Crippen molar-refractivity contribution in [2.75, 3.05) is 37.4 Å². The number of benzene rings is 1. The molecule has 0 unspecified atom stereocenters. The Morgan fingerprint density at radius 3 is 2.63 bits per heavy atom. The number of ether oxygens (including phenoxy) is 1. The number of likely N-dealkylation sites (N-methyl/N-ethyl adjacent to an activating group) is 1. The van der Waals surface area contributed by atoms with Gasteiger partial charge in [-0.15, -0.1) is 0 Å². The van der Waals surface area contributed by atoms with Gasteiger partial charge in [-0.2, -0.15) is 0 Å². The second kappa shape index (κ2) is 11.4. The number of carbonyl (C=O) groups excluding carboxylic acids is 3. The summed E-state index contributed by atoms with van der Waals surface area (Å²) in [5.74, 6) is 0.769. The third kappa shape index (κ3) is 6.27. The summed E-state index contributed by atoms with van der Waals surface area (Å²) in [5.41, 5.74) is 2.37. The van der Waals surface area contributed by atoms with Crippen LogP contribution in [-0.4, -0.2) is 76.8 Å². The van der Waals surface area contributed by atoms with E-state index in [4.69, 9.17) is 9.26 Å². The highest BCUT2D eigenvalue weighted by Gasteiger charge is 2.33. The molecule has 1 aliphatic heterocycles. The Morgan fingerprint density at radius 2 is 2.00 bits per heavy atom. The van der Waals surface area contributed by atoms with E-state index in [1.54, 1.807) is 50.9 Å². The molecule has 38 heavy (non-hydrogen) atoms. The third-order valence-electron chi connectivity index (χ3n) is 7.20. The predicted molar refractivity (Wildman–Crippen MR) is 141 cm³/mol. The van der Waals surface area contributed by atoms with Crippen molar-refractivity contribution in [3.8, 4) is 5.75 Å². The zero-order valence-electron chi connectivity index (χ0n) is 22.6. The predicted octanol–water partition coefficient (Wildman–Crippen LogP) is 2.95. The van der Waals surface area contributed by atoms with Crippen molar-refractivity contribution in [2.45, 2.75) is 59.1 Å². The monoisotopic (exact) mass is 527 g/mol. The lowest BCUT2D eigenvalue weighted by atomic mass is 10.0. The molecular weight excluding hydrogens is 490 g/mol. The summed E-state index contributed by atoms with van der Waals surface area (Å²) in [4.78, 5) is 41.8. The van der Waals surface area contributed by atoms with Crippen LogP contribution in [0.4, 0.5) is 16.2 Å². The highest BCUT2D eigenvalue weighted by Crippen LogP contribution is 2.32. The number of aromatic nitrogens is 1. The largest absolute Gasteiger partial charge is 0.488 e. The molecule has 2 aromatic rings. The van der Waals surface area contributed by atoms with Gasteiger partial charge in [0.25, 0.3) is 0 Å². The van der Waals surface area contributed by atoms with E-state index >= 15 is 0 Å². The molecule has 0 spiro atoms. The minimum atomic E-state index is -0.458. The SMILES string of the molecule is Cc1noc(C)c1NC(=O)N(C)C[C@@H]1Oc2ccc(NC(=O)C3CC3)cc2CC(=O)N([C@H](C)CO)C[C@H]1C. The van der Waals surface area contributed by atoms with Gasteiger partial charge in [-0.25, -0.2) is 4.79 Å². The molecule has 0 bridgehead atoms. The number of aryl methyl sites for hydroxylation is 2. The average molecular weight is 528 g/mol. The molecule has 1 aliphatic carbocycles. The summed E-state index contributed by atoms with van der Waals surface area (Å²) in [6.07, 6.45) is 1.39. The summed E-state index contributed by atoms with van der Waals surface area (Å²) in [5, 5.41) is 19.5. The van der Waals surface area contributed by atoms with Crippen LogP contribution in [0.5, 0.6) is 5.75 Å². The Labute approximate surface area is 222 Å². The molecule has 1 aromatic heterocycles. The van der Waals surface area contributed by atoms with Crippen LogP contribution >= 0.6 is 0 Å². The second-order valence-electron chi connectivity index (χ2n) is 10.5. The van der Waals surface area contributed by atoms with Gasteiger partial charge < -0.3 is 34.8 Å². The van der Waals surface area contributed by atoms with E-state index in [-0.39, 0.29) is 55.3 Å². The number of carbonyl (C=O) groups is 3. The minimum absolute atomic E-state index is 0.0202. The smallest absolute Gasteiger partial charge is 0.321 e. The Balaban J connectivity index is 1.58. The van der Waals surface area contributed by atoms with Crippen molar-refractivity contribution in [1.29, 1.82) is 0 Å². The number of nitrogens with zero attached hydrogens (tertiary/aromatic N) is 3. The standard InChI is InChI=1S/C27H37N5O6/c1-15-12-32(16(2)14-33)24(34)11-20-10-21(28-26(35)19-6-7-19)8-9-22(20)37-23(15)13-31(5)27(36)29-25-17(3)30-38-18(25)4/h8-10,15-16,19,23,33H,6-7,11-14H2,1-5H3,(H,28,35)(H,29,36)/t15-,16-,23+/m1/s1. The quantitative estimate of drug-likeness (QED) is 0.503. The molecule has 11 heteroatoms. The Bertz CT molecular complexity index is 1170. The number of hydrogen-bond acceptors (Lipinski definition) is 7. The van der Waals surface area contributed by atoms with Gasteiger partial charge >= 0.3 is 6.03 Å². The van der Waals surface area contributed by atoms with Crippen LogP contribution < -0.4 is 15.4 Å². The Hall–Kier alpha value is -3.60. The first-order valence-electron chi connectivity index (χ1n) is 13.0. The van der Waals surface area contributed by atoms with Crippen molar-refractivity contribution >= 4 is 29.2 Å². The summed E-state index contributed by atoms with van der Waals surface area (Å²) in [7, 11) is 1.67. The van der Waals surface area contributed by atoms with Crippen LogP contribution in [0.2, 0.25) is 0 Å². The molecule has 1 saturated carbocycles. The van der Waals surface area contributed by atoms with Crippen molar-refractivity contribution in [2.24, 2.45) is 11.8 Å². The van der Waals surface area contributed by atoms with E-state index in [1.165, 1.54) is 4.90 Å². The van der Waals surface area contributed by atoms with Crippen LogP contribution in [0.25, 0.3) is 0 Å². The Morgan fingerprint density at radius 1 is 1.26 bits per heavy atom. The molecule has 2 heterocycles. The number of hydrogen-bond donors (Lipinski definition) is 3. The van der Waals surface area contributed by atoms with E-state index in [1.807, 2.05) is 6.92 Å². The zero-order chi connectivity index (χ0) is 27.6. The highest BCUT2D eigenvalue weighted by molar-refractivity contribution is 5.94. The molecule has 0 saturated heterocycles. The number of amides is 4. The van der Waals surface area contributed by atoms with Crippen LogP contribution in [0.15, 0.2) is 22.7 Å². The van der Waals surface area contributed by atoms with Crippen LogP contribution in [0.3, 0.4) is 0 Å². The van der Waals surface area contributed by atoms with Crippen molar-refractivity contribution in [1.82, 2.24) is 15.0 Å². The molecule has 11 nitrogen and oxygen atoms in total. The zero-order valence-corrected chi connectivity index (χ0v) is 22.6. The van der Waals surface area contributed by atoms with E-state index in [0.717, 1.165) is 12.8 Å². The first-order chi connectivity index (χ1) is 18.1. The summed E-state index contributed by atoms with van der Waals surface area (Å²) >= 11 is 0. The van der Waals surface area contributed by atoms with Gasteiger partial charge in [-0.05, 0) is 51.8 Å². The fourth-order valence-electron chi connectivity index (χ4n) is 4.53. The van der Waals surface area contributed by atoms with Gasteiger partial charge in [0.15, 0.2) is 5.76 Å². The highest BCUT2D eigenvalue weighted by atomic mass is 16.5.